The highest BCUT2D eigenvalue weighted by Crippen LogP contribution is 2.32. The van der Waals surface area contributed by atoms with Gasteiger partial charge in [0.15, 0.2) is 0 Å². The van der Waals surface area contributed by atoms with Crippen molar-refractivity contribution in [3.8, 4) is 0 Å². The molecule has 0 aliphatic heterocycles. The standard InChI is InChI=1S/C13H27NO/c1-4-10-14-13(11-8-7-9-11)12(5-2)15-6-3/h11-14H,4-10H2,1-3H3. The third-order valence-corrected chi connectivity index (χ3v) is 3.47. The number of nitrogens with one attached hydrogen (secondary N) is 1. The van der Waals surface area contributed by atoms with Gasteiger partial charge in [-0.2, -0.15) is 0 Å². The molecule has 1 aliphatic rings. The first kappa shape index (κ1) is 13.0. The molecule has 2 atom stereocenters. The van der Waals surface area contributed by atoms with Crippen molar-refractivity contribution in [1.29, 1.82) is 0 Å². The normalized spacial score (nSPS) is 21.0. The third kappa shape index (κ3) is 3.76. The Kier molecular flexibility index (Phi) is 6.26. The van der Waals surface area contributed by atoms with Gasteiger partial charge in [-0.1, -0.05) is 20.3 Å². The summed E-state index contributed by atoms with van der Waals surface area (Å²) in [4.78, 5) is 0. The molecule has 0 aromatic rings. The highest BCUT2D eigenvalue weighted by Gasteiger charge is 2.32. The monoisotopic (exact) mass is 213 g/mol. The quantitative estimate of drug-likeness (QED) is 0.669. The zero-order valence-corrected chi connectivity index (χ0v) is 10.6. The van der Waals surface area contributed by atoms with Crippen LogP contribution in [0.15, 0.2) is 0 Å². The molecule has 0 radical (unpaired) electrons. The maximum atomic E-state index is 5.84. The Morgan fingerprint density at radius 1 is 1.27 bits per heavy atom. The minimum atomic E-state index is 0.423. The van der Waals surface area contributed by atoms with Crippen molar-refractivity contribution in [3.05, 3.63) is 0 Å². The lowest BCUT2D eigenvalue weighted by Gasteiger charge is -2.38. The third-order valence-electron chi connectivity index (χ3n) is 3.47. The van der Waals surface area contributed by atoms with Gasteiger partial charge < -0.3 is 10.1 Å². The Labute approximate surface area is 94.8 Å². The van der Waals surface area contributed by atoms with Gasteiger partial charge in [0.25, 0.3) is 0 Å². The molecule has 2 nitrogen and oxygen atoms in total. The molecule has 90 valence electrons. The van der Waals surface area contributed by atoms with Crippen molar-refractivity contribution in [1.82, 2.24) is 5.32 Å². The SMILES string of the molecule is CCCNC(C1CCC1)C(CC)OCC. The molecule has 0 spiro atoms. The molecule has 0 aromatic heterocycles. The Balaban J connectivity index is 2.43. The molecule has 1 N–H and O–H groups in total. The van der Waals surface area contributed by atoms with Gasteiger partial charge in [-0.3, -0.25) is 0 Å². The van der Waals surface area contributed by atoms with E-state index >= 15 is 0 Å². The summed E-state index contributed by atoms with van der Waals surface area (Å²) in [6, 6.07) is 0.601. The second-order valence-electron chi connectivity index (χ2n) is 4.57. The molecule has 1 aliphatic carbocycles. The summed E-state index contributed by atoms with van der Waals surface area (Å²) in [7, 11) is 0. The molecule has 0 aromatic carbocycles. The largest absolute Gasteiger partial charge is 0.377 e. The minimum Gasteiger partial charge on any atom is -0.377 e. The van der Waals surface area contributed by atoms with Crippen LogP contribution in [0.2, 0.25) is 0 Å². The van der Waals surface area contributed by atoms with Crippen LogP contribution in [0, 0.1) is 5.92 Å². The predicted octanol–water partition coefficient (Wildman–Crippen LogP) is 2.97. The van der Waals surface area contributed by atoms with E-state index in [0.717, 1.165) is 25.5 Å². The molecule has 1 rings (SSSR count). The summed E-state index contributed by atoms with van der Waals surface area (Å²) in [5, 5.41) is 3.68. The highest BCUT2D eigenvalue weighted by atomic mass is 16.5. The molecule has 15 heavy (non-hydrogen) atoms. The fourth-order valence-corrected chi connectivity index (χ4v) is 2.40. The van der Waals surface area contributed by atoms with Crippen molar-refractivity contribution in [3.63, 3.8) is 0 Å². The Morgan fingerprint density at radius 2 is 2.00 bits per heavy atom. The van der Waals surface area contributed by atoms with Crippen LogP contribution < -0.4 is 5.32 Å². The van der Waals surface area contributed by atoms with E-state index in [4.69, 9.17) is 4.74 Å². The van der Waals surface area contributed by atoms with Crippen molar-refractivity contribution in [2.45, 2.75) is 65.0 Å². The lowest BCUT2D eigenvalue weighted by Crippen LogP contribution is -2.49. The smallest absolute Gasteiger partial charge is 0.0727 e. The molecule has 1 fully saturated rings. The molecule has 0 bridgehead atoms. The number of rotatable bonds is 8. The predicted molar refractivity (Wildman–Crippen MR) is 65.1 cm³/mol. The first-order valence-electron chi connectivity index (χ1n) is 6.68. The van der Waals surface area contributed by atoms with Crippen LogP contribution in [0.1, 0.15) is 52.9 Å². The number of hydrogen-bond acceptors (Lipinski definition) is 2. The molecule has 0 heterocycles. The number of hydrogen-bond donors (Lipinski definition) is 1. The van der Waals surface area contributed by atoms with Crippen LogP contribution in [0.3, 0.4) is 0 Å². The molecule has 0 amide bonds. The van der Waals surface area contributed by atoms with Crippen LogP contribution in [0.5, 0.6) is 0 Å². The highest BCUT2D eigenvalue weighted by molar-refractivity contribution is 4.88. The number of ether oxygens (including phenoxy) is 1. The van der Waals surface area contributed by atoms with Crippen molar-refractivity contribution >= 4 is 0 Å². The van der Waals surface area contributed by atoms with E-state index < -0.39 is 0 Å². The minimum absolute atomic E-state index is 0.423. The zero-order valence-electron chi connectivity index (χ0n) is 10.6. The maximum Gasteiger partial charge on any atom is 0.0727 e. The van der Waals surface area contributed by atoms with Gasteiger partial charge >= 0.3 is 0 Å². The van der Waals surface area contributed by atoms with E-state index in [2.05, 4.69) is 26.1 Å². The van der Waals surface area contributed by atoms with Crippen LogP contribution in [-0.2, 0) is 4.74 Å². The summed E-state index contributed by atoms with van der Waals surface area (Å²) in [5.41, 5.74) is 0. The van der Waals surface area contributed by atoms with E-state index in [1.807, 2.05) is 0 Å². The summed E-state index contributed by atoms with van der Waals surface area (Å²) in [6.45, 7) is 8.53. The summed E-state index contributed by atoms with van der Waals surface area (Å²) in [5.74, 6) is 0.869. The lowest BCUT2D eigenvalue weighted by molar-refractivity contribution is 0.00206. The van der Waals surface area contributed by atoms with Crippen LogP contribution in [-0.4, -0.2) is 25.3 Å². The fourth-order valence-electron chi connectivity index (χ4n) is 2.40. The molecule has 1 saturated carbocycles. The Hall–Kier alpha value is -0.0800. The molecular weight excluding hydrogens is 186 g/mol. The lowest BCUT2D eigenvalue weighted by atomic mass is 9.77. The van der Waals surface area contributed by atoms with Gasteiger partial charge in [-0.15, -0.1) is 0 Å². The molecule has 2 unspecified atom stereocenters. The first-order valence-corrected chi connectivity index (χ1v) is 6.68. The van der Waals surface area contributed by atoms with E-state index in [0.29, 0.717) is 12.1 Å². The van der Waals surface area contributed by atoms with E-state index in [1.165, 1.54) is 25.7 Å². The van der Waals surface area contributed by atoms with Crippen LogP contribution in [0.4, 0.5) is 0 Å². The summed E-state index contributed by atoms with van der Waals surface area (Å²) >= 11 is 0. The second kappa shape index (κ2) is 7.24. The summed E-state index contributed by atoms with van der Waals surface area (Å²) in [6.07, 6.45) is 6.97. The van der Waals surface area contributed by atoms with Crippen molar-refractivity contribution in [2.24, 2.45) is 5.92 Å². The van der Waals surface area contributed by atoms with Gasteiger partial charge in [0.05, 0.1) is 6.10 Å². The van der Waals surface area contributed by atoms with E-state index in [-0.39, 0.29) is 0 Å². The van der Waals surface area contributed by atoms with Gasteiger partial charge in [0, 0.05) is 12.6 Å². The Morgan fingerprint density at radius 3 is 2.40 bits per heavy atom. The van der Waals surface area contributed by atoms with E-state index in [1.54, 1.807) is 0 Å². The fraction of sp³-hybridized carbons (Fsp3) is 1.00. The van der Waals surface area contributed by atoms with E-state index in [9.17, 15) is 0 Å². The van der Waals surface area contributed by atoms with Gasteiger partial charge in [-0.25, -0.2) is 0 Å². The average Bonchev–Trinajstić information content (AvgIpc) is 2.18. The second-order valence-corrected chi connectivity index (χ2v) is 4.57. The van der Waals surface area contributed by atoms with Gasteiger partial charge in [0.1, 0.15) is 0 Å². The first-order chi connectivity index (χ1) is 7.33. The topological polar surface area (TPSA) is 21.3 Å². The zero-order chi connectivity index (χ0) is 11.1. The Bertz CT molecular complexity index is 157. The van der Waals surface area contributed by atoms with Crippen LogP contribution >= 0.6 is 0 Å². The van der Waals surface area contributed by atoms with Gasteiger partial charge in [0.2, 0.25) is 0 Å². The molecular formula is C13H27NO. The molecule has 0 saturated heterocycles. The average molecular weight is 213 g/mol. The van der Waals surface area contributed by atoms with Crippen molar-refractivity contribution in [2.75, 3.05) is 13.2 Å². The van der Waals surface area contributed by atoms with Gasteiger partial charge in [-0.05, 0) is 45.1 Å². The maximum absolute atomic E-state index is 5.84. The summed E-state index contributed by atoms with van der Waals surface area (Å²) < 4.78 is 5.84. The van der Waals surface area contributed by atoms with Crippen molar-refractivity contribution < 1.29 is 4.74 Å². The van der Waals surface area contributed by atoms with Crippen LogP contribution in [0.25, 0.3) is 0 Å². The molecule has 2 heteroatoms.